The van der Waals surface area contributed by atoms with Crippen molar-refractivity contribution in [3.05, 3.63) is 66.5 Å². The molecule has 0 saturated carbocycles. The lowest BCUT2D eigenvalue weighted by Crippen LogP contribution is -2.40. The third-order valence-corrected chi connectivity index (χ3v) is 9.00. The summed E-state index contributed by atoms with van der Waals surface area (Å²) in [5, 5.41) is 9.32. The SMILES string of the molecule is CCCCC1CN(c2ccccc2)c2cc(SC)c(-c3ccnc(C#N)c3)cc2S(=O)(=O)N1C. The highest BCUT2D eigenvalue weighted by Gasteiger charge is 2.37. The fraction of sp³-hybridized carbons (Fsp3) is 0.308. The molecule has 0 bridgehead atoms. The topological polar surface area (TPSA) is 77.3 Å². The van der Waals surface area contributed by atoms with Crippen LogP contribution < -0.4 is 4.90 Å². The number of thioether (sulfide) groups is 1. The molecule has 2 heterocycles. The van der Waals surface area contributed by atoms with Crippen LogP contribution in [0, 0.1) is 11.3 Å². The van der Waals surface area contributed by atoms with Crippen LogP contribution in [0.1, 0.15) is 31.9 Å². The molecule has 0 fully saturated rings. The molecule has 1 aliphatic heterocycles. The highest BCUT2D eigenvalue weighted by Crippen LogP contribution is 2.43. The number of unbranched alkanes of at least 4 members (excludes halogenated alkanes) is 1. The smallest absolute Gasteiger partial charge is 0.245 e. The van der Waals surface area contributed by atoms with Gasteiger partial charge >= 0.3 is 0 Å². The maximum Gasteiger partial charge on any atom is 0.245 e. The predicted molar refractivity (Wildman–Crippen MR) is 138 cm³/mol. The van der Waals surface area contributed by atoms with Gasteiger partial charge in [-0.05, 0) is 60.2 Å². The molecule has 176 valence electrons. The van der Waals surface area contributed by atoms with E-state index in [1.54, 1.807) is 41.4 Å². The first-order valence-corrected chi connectivity index (χ1v) is 14.0. The van der Waals surface area contributed by atoms with Gasteiger partial charge in [0.05, 0.1) is 5.69 Å². The summed E-state index contributed by atoms with van der Waals surface area (Å²) < 4.78 is 29.4. The van der Waals surface area contributed by atoms with Crippen LogP contribution in [0.15, 0.2) is 70.6 Å². The summed E-state index contributed by atoms with van der Waals surface area (Å²) in [5.74, 6) is 0. The van der Waals surface area contributed by atoms with Crippen molar-refractivity contribution in [3.8, 4) is 17.2 Å². The van der Waals surface area contributed by atoms with Gasteiger partial charge in [-0.1, -0.05) is 38.0 Å². The van der Waals surface area contributed by atoms with Crippen LogP contribution in [-0.2, 0) is 10.0 Å². The van der Waals surface area contributed by atoms with E-state index in [-0.39, 0.29) is 10.9 Å². The molecule has 2 aromatic carbocycles. The van der Waals surface area contributed by atoms with E-state index < -0.39 is 10.0 Å². The number of hydrogen-bond donors (Lipinski definition) is 0. The molecule has 6 nitrogen and oxygen atoms in total. The molecule has 1 aliphatic rings. The Kier molecular flexibility index (Phi) is 7.27. The molecule has 3 aromatic rings. The van der Waals surface area contributed by atoms with Crippen LogP contribution in [0.25, 0.3) is 11.1 Å². The number of pyridine rings is 1. The fourth-order valence-corrected chi connectivity index (χ4v) is 6.56. The van der Waals surface area contributed by atoms with E-state index in [0.717, 1.165) is 41.0 Å². The van der Waals surface area contributed by atoms with E-state index in [4.69, 9.17) is 0 Å². The maximum atomic E-state index is 13.9. The number of nitrogens with zero attached hydrogens (tertiary/aromatic N) is 4. The molecule has 34 heavy (non-hydrogen) atoms. The third kappa shape index (κ3) is 4.56. The van der Waals surface area contributed by atoms with Gasteiger partial charge in [-0.15, -0.1) is 11.8 Å². The van der Waals surface area contributed by atoms with Crippen molar-refractivity contribution in [1.82, 2.24) is 9.29 Å². The van der Waals surface area contributed by atoms with Gasteiger partial charge in [-0.3, -0.25) is 0 Å². The minimum absolute atomic E-state index is 0.148. The summed E-state index contributed by atoms with van der Waals surface area (Å²) in [4.78, 5) is 7.42. The van der Waals surface area contributed by atoms with Crippen LogP contribution in [0.3, 0.4) is 0 Å². The first-order chi connectivity index (χ1) is 16.4. The van der Waals surface area contributed by atoms with Gasteiger partial charge in [0.25, 0.3) is 0 Å². The van der Waals surface area contributed by atoms with Crippen LogP contribution in [-0.4, -0.2) is 43.6 Å². The quantitative estimate of drug-likeness (QED) is 0.413. The predicted octanol–water partition coefficient (Wildman–Crippen LogP) is 5.67. The number of nitriles is 1. The van der Waals surface area contributed by atoms with Crippen LogP contribution in [0.4, 0.5) is 11.4 Å². The number of fused-ring (bicyclic) bond motifs is 1. The number of benzene rings is 2. The fourth-order valence-electron chi connectivity index (χ4n) is 4.36. The first-order valence-electron chi connectivity index (χ1n) is 11.3. The molecule has 1 aromatic heterocycles. The summed E-state index contributed by atoms with van der Waals surface area (Å²) in [6.45, 7) is 2.70. The molecule has 4 rings (SSSR count). The lowest BCUT2D eigenvalue weighted by Gasteiger charge is -2.29. The molecule has 0 N–H and O–H groups in total. The minimum Gasteiger partial charge on any atom is -0.339 e. The Balaban J connectivity index is 1.97. The molecule has 0 aliphatic carbocycles. The van der Waals surface area contributed by atoms with Gasteiger partial charge in [0.15, 0.2) is 0 Å². The molecule has 8 heteroatoms. The average molecular weight is 493 g/mol. The number of aromatic nitrogens is 1. The number of likely N-dealkylation sites (N-methyl/N-ethyl adjacent to an activating group) is 1. The second-order valence-electron chi connectivity index (χ2n) is 8.33. The van der Waals surface area contributed by atoms with Crippen molar-refractivity contribution in [2.75, 3.05) is 24.7 Å². The zero-order valence-corrected chi connectivity index (χ0v) is 21.2. The lowest BCUT2D eigenvalue weighted by molar-refractivity contribution is 0.351. The highest BCUT2D eigenvalue weighted by atomic mass is 32.2. The Morgan fingerprint density at radius 3 is 2.62 bits per heavy atom. The standard InChI is InChI=1S/C26H28N4O2S2/c1-4-5-9-22-18-30(21-10-7-6-8-11-21)24-16-25(33-3)23(15-26(24)34(31,32)29(22)2)19-12-13-28-20(14-19)17-27/h6-8,10-16,22H,4-5,9,18H2,1-3H3. The Hall–Kier alpha value is -2.86. The molecular formula is C26H28N4O2S2. The number of hydrogen-bond acceptors (Lipinski definition) is 6. The van der Waals surface area contributed by atoms with Gasteiger partial charge in [0, 0.05) is 36.4 Å². The Bertz CT molecular complexity index is 1320. The Labute approximate surface area is 206 Å². The van der Waals surface area contributed by atoms with Gasteiger partial charge in [-0.2, -0.15) is 9.57 Å². The van der Waals surface area contributed by atoms with Crippen molar-refractivity contribution in [1.29, 1.82) is 5.26 Å². The lowest BCUT2D eigenvalue weighted by atomic mass is 10.0. The summed E-state index contributed by atoms with van der Waals surface area (Å²) in [5.41, 5.74) is 3.49. The summed E-state index contributed by atoms with van der Waals surface area (Å²) >= 11 is 1.56. The van der Waals surface area contributed by atoms with E-state index in [0.29, 0.717) is 17.9 Å². The van der Waals surface area contributed by atoms with Gasteiger partial charge in [0.2, 0.25) is 10.0 Å². The van der Waals surface area contributed by atoms with Crippen LogP contribution >= 0.6 is 11.8 Å². The average Bonchev–Trinajstić information content (AvgIpc) is 2.95. The largest absolute Gasteiger partial charge is 0.339 e. The van der Waals surface area contributed by atoms with E-state index in [2.05, 4.69) is 22.9 Å². The van der Waals surface area contributed by atoms with Gasteiger partial charge < -0.3 is 4.90 Å². The molecule has 0 spiro atoms. The minimum atomic E-state index is -3.75. The second kappa shape index (κ2) is 10.2. The molecular weight excluding hydrogens is 464 g/mol. The van der Waals surface area contributed by atoms with E-state index in [1.807, 2.05) is 48.7 Å². The van der Waals surface area contributed by atoms with Crippen molar-refractivity contribution >= 4 is 33.2 Å². The maximum absolute atomic E-state index is 13.9. The Morgan fingerprint density at radius 2 is 1.94 bits per heavy atom. The van der Waals surface area contributed by atoms with E-state index in [9.17, 15) is 13.7 Å². The zero-order chi connectivity index (χ0) is 24.3. The third-order valence-electron chi connectivity index (χ3n) is 6.28. The van der Waals surface area contributed by atoms with Gasteiger partial charge in [0.1, 0.15) is 16.7 Å². The first kappa shape index (κ1) is 24.3. The normalized spacial score (nSPS) is 17.6. The number of para-hydroxylation sites is 1. The van der Waals surface area contributed by atoms with Crippen LogP contribution in [0.5, 0.6) is 0 Å². The highest BCUT2D eigenvalue weighted by molar-refractivity contribution is 7.98. The molecule has 1 unspecified atom stereocenters. The summed E-state index contributed by atoms with van der Waals surface area (Å²) in [6, 6.07) is 19.1. The summed E-state index contributed by atoms with van der Waals surface area (Å²) in [7, 11) is -2.06. The van der Waals surface area contributed by atoms with Crippen molar-refractivity contribution in [2.45, 2.75) is 42.0 Å². The van der Waals surface area contributed by atoms with E-state index >= 15 is 0 Å². The molecule has 0 saturated heterocycles. The summed E-state index contributed by atoms with van der Waals surface area (Å²) in [6.07, 6.45) is 6.32. The van der Waals surface area contributed by atoms with Crippen molar-refractivity contribution in [2.24, 2.45) is 0 Å². The second-order valence-corrected chi connectivity index (χ2v) is 11.1. The number of rotatable bonds is 6. The van der Waals surface area contributed by atoms with Gasteiger partial charge in [-0.25, -0.2) is 13.4 Å². The van der Waals surface area contributed by atoms with Crippen LogP contribution in [0.2, 0.25) is 0 Å². The van der Waals surface area contributed by atoms with E-state index in [1.165, 1.54) is 0 Å². The molecule has 1 atom stereocenters. The Morgan fingerprint density at radius 1 is 1.18 bits per heavy atom. The molecule has 0 radical (unpaired) electrons. The van der Waals surface area contributed by atoms with Crippen molar-refractivity contribution < 1.29 is 8.42 Å². The molecule has 0 amide bonds. The zero-order valence-electron chi connectivity index (χ0n) is 19.6. The monoisotopic (exact) mass is 492 g/mol. The van der Waals surface area contributed by atoms with Crippen molar-refractivity contribution in [3.63, 3.8) is 0 Å². The number of anilines is 2. The number of sulfonamides is 1.